The number of aliphatic carboxylic acids is 1. The molecule has 1 heterocycles. The summed E-state index contributed by atoms with van der Waals surface area (Å²) in [6, 6.07) is 9.36. The minimum absolute atomic E-state index is 0.416. The number of carbonyl (C=O) groups is 1. The number of nitrogens with one attached hydrogen (secondary N) is 1. The first-order valence-electron chi connectivity index (χ1n) is 6.10. The lowest BCUT2D eigenvalue weighted by molar-refractivity contribution is -0.150. The molecule has 0 aliphatic carbocycles. The Kier molecular flexibility index (Phi) is 3.63. The van der Waals surface area contributed by atoms with Crippen LogP contribution in [-0.2, 0) is 11.2 Å². The van der Waals surface area contributed by atoms with Crippen molar-refractivity contribution in [1.29, 1.82) is 5.26 Å². The summed E-state index contributed by atoms with van der Waals surface area (Å²) in [5, 5.41) is 21.7. The average molecular weight is 244 g/mol. The quantitative estimate of drug-likeness (QED) is 0.846. The van der Waals surface area contributed by atoms with Gasteiger partial charge in [-0.15, -0.1) is 0 Å². The number of carboxylic acid groups (broad SMARTS) is 1. The molecule has 0 bridgehead atoms. The zero-order valence-corrected chi connectivity index (χ0v) is 10.1. The second-order valence-corrected chi connectivity index (χ2v) is 4.81. The van der Waals surface area contributed by atoms with Gasteiger partial charge in [-0.25, -0.2) is 0 Å². The molecule has 1 aliphatic heterocycles. The van der Waals surface area contributed by atoms with Crippen molar-refractivity contribution in [2.75, 3.05) is 13.1 Å². The highest BCUT2D eigenvalue weighted by molar-refractivity contribution is 5.75. The molecule has 4 heteroatoms. The molecular formula is C14H16N2O2. The van der Waals surface area contributed by atoms with E-state index >= 15 is 0 Å². The van der Waals surface area contributed by atoms with Gasteiger partial charge in [0.15, 0.2) is 0 Å². The molecule has 0 radical (unpaired) electrons. The van der Waals surface area contributed by atoms with E-state index in [1.165, 1.54) is 0 Å². The summed E-state index contributed by atoms with van der Waals surface area (Å²) in [6.45, 7) is 1.34. The van der Waals surface area contributed by atoms with Crippen LogP contribution in [0, 0.1) is 16.7 Å². The summed E-state index contributed by atoms with van der Waals surface area (Å²) in [5.74, 6) is -0.776. The number of hydrogen-bond acceptors (Lipinski definition) is 3. The summed E-state index contributed by atoms with van der Waals surface area (Å²) >= 11 is 0. The van der Waals surface area contributed by atoms with Crippen molar-refractivity contribution in [2.24, 2.45) is 5.41 Å². The third-order valence-corrected chi connectivity index (χ3v) is 3.59. The second-order valence-electron chi connectivity index (χ2n) is 4.81. The van der Waals surface area contributed by atoms with Gasteiger partial charge < -0.3 is 10.4 Å². The molecule has 0 unspecified atom stereocenters. The van der Waals surface area contributed by atoms with E-state index in [0.29, 0.717) is 24.9 Å². The van der Waals surface area contributed by atoms with E-state index in [1.54, 1.807) is 12.1 Å². The van der Waals surface area contributed by atoms with Crippen LogP contribution in [0.25, 0.3) is 0 Å². The molecule has 1 aromatic carbocycles. The van der Waals surface area contributed by atoms with Crippen LogP contribution in [0.4, 0.5) is 0 Å². The molecule has 1 aliphatic rings. The fourth-order valence-electron chi connectivity index (χ4n) is 2.52. The van der Waals surface area contributed by atoms with Crippen molar-refractivity contribution in [3.8, 4) is 6.07 Å². The smallest absolute Gasteiger partial charge is 0.311 e. The number of hydrogen-bond donors (Lipinski definition) is 2. The van der Waals surface area contributed by atoms with Crippen LogP contribution in [0.3, 0.4) is 0 Å². The van der Waals surface area contributed by atoms with Gasteiger partial charge in [0, 0.05) is 6.54 Å². The third-order valence-electron chi connectivity index (χ3n) is 3.59. The Hall–Kier alpha value is -1.86. The van der Waals surface area contributed by atoms with Crippen molar-refractivity contribution in [3.05, 3.63) is 35.4 Å². The van der Waals surface area contributed by atoms with Crippen LogP contribution in [0.1, 0.15) is 24.0 Å². The van der Waals surface area contributed by atoms with E-state index < -0.39 is 11.4 Å². The van der Waals surface area contributed by atoms with Crippen LogP contribution >= 0.6 is 0 Å². The number of nitriles is 1. The molecule has 1 saturated heterocycles. The summed E-state index contributed by atoms with van der Waals surface area (Å²) in [7, 11) is 0. The number of piperidine rings is 1. The fraction of sp³-hybridized carbons (Fsp3) is 0.429. The maximum atomic E-state index is 11.6. The molecule has 1 fully saturated rings. The standard InChI is InChI=1S/C14H16N2O2/c15-9-12-5-2-1-4-11(12)8-14(13(17)18)6-3-7-16-10-14/h1-2,4-5,16H,3,6-8,10H2,(H,17,18)/t14-/m1/s1. The maximum absolute atomic E-state index is 11.6. The monoisotopic (exact) mass is 244 g/mol. The van der Waals surface area contributed by atoms with Crippen molar-refractivity contribution >= 4 is 5.97 Å². The van der Waals surface area contributed by atoms with Crippen molar-refractivity contribution in [2.45, 2.75) is 19.3 Å². The Morgan fingerprint density at radius 1 is 1.50 bits per heavy atom. The molecule has 0 aromatic heterocycles. The minimum Gasteiger partial charge on any atom is -0.481 e. The zero-order valence-electron chi connectivity index (χ0n) is 10.1. The molecule has 94 valence electrons. The summed E-state index contributed by atoms with van der Waals surface area (Å²) in [6.07, 6.45) is 1.94. The Labute approximate surface area is 106 Å². The SMILES string of the molecule is N#Cc1ccccc1C[C@]1(C(=O)O)CCCNC1. The second kappa shape index (κ2) is 5.19. The van der Waals surface area contributed by atoms with Gasteiger partial charge in [-0.3, -0.25) is 4.79 Å². The first kappa shape index (κ1) is 12.6. The van der Waals surface area contributed by atoms with Crippen LogP contribution in [0.15, 0.2) is 24.3 Å². The molecule has 2 rings (SSSR count). The van der Waals surface area contributed by atoms with Crippen molar-refractivity contribution < 1.29 is 9.90 Å². The lowest BCUT2D eigenvalue weighted by Gasteiger charge is -2.34. The maximum Gasteiger partial charge on any atom is 0.311 e. The lowest BCUT2D eigenvalue weighted by atomic mass is 9.75. The zero-order chi connectivity index (χ0) is 13.0. The largest absolute Gasteiger partial charge is 0.481 e. The molecule has 0 amide bonds. The Balaban J connectivity index is 2.29. The molecule has 18 heavy (non-hydrogen) atoms. The van der Waals surface area contributed by atoms with E-state index in [9.17, 15) is 9.90 Å². The van der Waals surface area contributed by atoms with Gasteiger partial charge in [-0.05, 0) is 37.4 Å². The van der Waals surface area contributed by atoms with Crippen molar-refractivity contribution in [3.63, 3.8) is 0 Å². The topological polar surface area (TPSA) is 73.1 Å². The number of carboxylic acids is 1. The number of benzene rings is 1. The van der Waals surface area contributed by atoms with Crippen LogP contribution < -0.4 is 5.32 Å². The van der Waals surface area contributed by atoms with Gasteiger partial charge in [0.25, 0.3) is 0 Å². The fourth-order valence-corrected chi connectivity index (χ4v) is 2.52. The summed E-state index contributed by atoms with van der Waals surface area (Å²) < 4.78 is 0. The van der Waals surface area contributed by atoms with Gasteiger partial charge >= 0.3 is 5.97 Å². The van der Waals surface area contributed by atoms with Crippen LogP contribution in [0.2, 0.25) is 0 Å². The van der Waals surface area contributed by atoms with Crippen LogP contribution in [0.5, 0.6) is 0 Å². The molecule has 0 saturated carbocycles. The Morgan fingerprint density at radius 2 is 2.28 bits per heavy atom. The van der Waals surface area contributed by atoms with Crippen molar-refractivity contribution in [1.82, 2.24) is 5.32 Å². The Bertz CT molecular complexity index is 485. The number of nitrogens with zero attached hydrogens (tertiary/aromatic N) is 1. The molecule has 0 spiro atoms. The van der Waals surface area contributed by atoms with Gasteiger partial charge in [0.2, 0.25) is 0 Å². The van der Waals surface area contributed by atoms with Gasteiger partial charge in [-0.1, -0.05) is 18.2 Å². The highest BCUT2D eigenvalue weighted by Crippen LogP contribution is 2.31. The minimum atomic E-state index is -0.776. The van der Waals surface area contributed by atoms with Crippen LogP contribution in [-0.4, -0.2) is 24.2 Å². The lowest BCUT2D eigenvalue weighted by Crippen LogP contribution is -2.47. The predicted octanol–water partition coefficient (Wildman–Crippen LogP) is 1.56. The van der Waals surface area contributed by atoms with E-state index in [1.807, 2.05) is 12.1 Å². The molecular weight excluding hydrogens is 228 g/mol. The van der Waals surface area contributed by atoms with E-state index in [0.717, 1.165) is 18.5 Å². The Morgan fingerprint density at radius 3 is 2.89 bits per heavy atom. The van der Waals surface area contributed by atoms with E-state index in [-0.39, 0.29) is 0 Å². The predicted molar refractivity (Wildman–Crippen MR) is 67.0 cm³/mol. The van der Waals surface area contributed by atoms with E-state index in [2.05, 4.69) is 11.4 Å². The van der Waals surface area contributed by atoms with Gasteiger partial charge in [0.05, 0.1) is 17.0 Å². The van der Waals surface area contributed by atoms with Gasteiger partial charge in [0.1, 0.15) is 0 Å². The summed E-state index contributed by atoms with van der Waals surface area (Å²) in [4.78, 5) is 11.6. The molecule has 2 N–H and O–H groups in total. The summed E-state index contributed by atoms with van der Waals surface area (Å²) in [5.41, 5.74) is 0.625. The molecule has 1 atom stereocenters. The third kappa shape index (κ3) is 2.36. The van der Waals surface area contributed by atoms with E-state index in [4.69, 9.17) is 5.26 Å². The first-order valence-corrected chi connectivity index (χ1v) is 6.10. The number of rotatable bonds is 3. The highest BCUT2D eigenvalue weighted by atomic mass is 16.4. The highest BCUT2D eigenvalue weighted by Gasteiger charge is 2.40. The molecule has 4 nitrogen and oxygen atoms in total. The normalized spacial score (nSPS) is 23.3. The molecule has 1 aromatic rings. The average Bonchev–Trinajstić information content (AvgIpc) is 2.40. The van der Waals surface area contributed by atoms with Gasteiger partial charge in [-0.2, -0.15) is 5.26 Å². The first-order chi connectivity index (χ1) is 8.68.